The molecule has 1 aliphatic carbocycles. The summed E-state index contributed by atoms with van der Waals surface area (Å²) in [6, 6.07) is 0.166. The Kier molecular flexibility index (Phi) is 2.62. The maximum atomic E-state index is 12.0. The third-order valence-electron chi connectivity index (χ3n) is 4.78. The monoisotopic (exact) mass is 252 g/mol. The van der Waals surface area contributed by atoms with Crippen molar-refractivity contribution in [2.45, 2.75) is 44.2 Å². The van der Waals surface area contributed by atoms with Crippen LogP contribution in [0.1, 0.15) is 32.6 Å². The minimum atomic E-state index is -0.955. The summed E-state index contributed by atoms with van der Waals surface area (Å²) in [5.41, 5.74) is -0.955. The zero-order chi connectivity index (χ0) is 12.9. The molecule has 100 valence electrons. The first-order valence-corrected chi connectivity index (χ1v) is 6.81. The Morgan fingerprint density at radius 1 is 1.22 bits per heavy atom. The largest absolute Gasteiger partial charge is 0.479 e. The van der Waals surface area contributed by atoms with E-state index in [-0.39, 0.29) is 17.9 Å². The van der Waals surface area contributed by atoms with Crippen molar-refractivity contribution in [3.05, 3.63) is 0 Å². The van der Waals surface area contributed by atoms with Crippen molar-refractivity contribution < 1.29 is 14.7 Å². The summed E-state index contributed by atoms with van der Waals surface area (Å²) < 4.78 is 0. The summed E-state index contributed by atoms with van der Waals surface area (Å²) in [6.07, 6.45) is 3.73. The zero-order valence-electron chi connectivity index (χ0n) is 10.8. The number of amides is 1. The first-order valence-electron chi connectivity index (χ1n) is 6.81. The van der Waals surface area contributed by atoms with E-state index in [0.29, 0.717) is 6.54 Å². The van der Waals surface area contributed by atoms with E-state index in [0.717, 1.165) is 38.8 Å². The molecule has 18 heavy (non-hydrogen) atoms. The Balaban J connectivity index is 2.00. The van der Waals surface area contributed by atoms with Crippen molar-refractivity contribution in [2.24, 2.45) is 5.92 Å². The van der Waals surface area contributed by atoms with E-state index in [1.165, 1.54) is 6.92 Å². The number of hydrogen-bond donors (Lipinski definition) is 1. The van der Waals surface area contributed by atoms with E-state index in [2.05, 4.69) is 4.90 Å². The number of piperidine rings is 3. The van der Waals surface area contributed by atoms with Crippen LogP contribution >= 0.6 is 0 Å². The number of hydrogen-bond acceptors (Lipinski definition) is 3. The van der Waals surface area contributed by atoms with Crippen molar-refractivity contribution in [1.29, 1.82) is 0 Å². The highest BCUT2D eigenvalue weighted by Gasteiger charge is 2.59. The molecule has 0 aromatic heterocycles. The zero-order valence-corrected chi connectivity index (χ0v) is 10.8. The van der Waals surface area contributed by atoms with Crippen LogP contribution in [-0.4, -0.2) is 58.0 Å². The SMILES string of the molecule is CC(=O)N(C1CC1)C1(C(=O)O)CN2CCC1CC2. The molecular weight excluding hydrogens is 232 g/mol. The van der Waals surface area contributed by atoms with Gasteiger partial charge in [0, 0.05) is 19.5 Å². The number of carboxylic acid groups (broad SMARTS) is 1. The highest BCUT2D eigenvalue weighted by molar-refractivity contribution is 5.87. The molecule has 5 nitrogen and oxygen atoms in total. The number of carbonyl (C=O) groups is 2. The van der Waals surface area contributed by atoms with Gasteiger partial charge in [0.15, 0.2) is 5.54 Å². The smallest absolute Gasteiger partial charge is 0.331 e. The molecule has 3 heterocycles. The number of rotatable bonds is 3. The van der Waals surface area contributed by atoms with Gasteiger partial charge in [-0.25, -0.2) is 4.79 Å². The van der Waals surface area contributed by atoms with Crippen LogP contribution in [0.25, 0.3) is 0 Å². The van der Waals surface area contributed by atoms with Gasteiger partial charge in [-0.05, 0) is 44.7 Å². The Morgan fingerprint density at radius 3 is 2.17 bits per heavy atom. The lowest BCUT2D eigenvalue weighted by atomic mass is 9.71. The molecule has 5 heteroatoms. The number of nitrogens with zero attached hydrogens (tertiary/aromatic N) is 2. The summed E-state index contributed by atoms with van der Waals surface area (Å²) in [7, 11) is 0. The Morgan fingerprint density at radius 2 is 1.83 bits per heavy atom. The third-order valence-corrected chi connectivity index (χ3v) is 4.78. The van der Waals surface area contributed by atoms with Gasteiger partial charge in [0.25, 0.3) is 0 Å². The molecule has 1 amide bonds. The fourth-order valence-electron chi connectivity index (χ4n) is 3.85. The van der Waals surface area contributed by atoms with Crippen LogP contribution in [0.3, 0.4) is 0 Å². The van der Waals surface area contributed by atoms with Crippen LogP contribution in [0, 0.1) is 5.92 Å². The summed E-state index contributed by atoms with van der Waals surface area (Å²) in [5, 5.41) is 9.79. The Labute approximate surface area is 107 Å². The average Bonchev–Trinajstić information content (AvgIpc) is 3.14. The molecule has 0 spiro atoms. The van der Waals surface area contributed by atoms with E-state index in [4.69, 9.17) is 0 Å². The minimum absolute atomic E-state index is 0.0753. The topological polar surface area (TPSA) is 60.9 Å². The second-order valence-corrected chi connectivity index (χ2v) is 5.90. The number of fused-ring (bicyclic) bond motifs is 3. The molecule has 1 atom stereocenters. The third kappa shape index (κ3) is 1.56. The van der Waals surface area contributed by atoms with Crippen molar-refractivity contribution in [3.8, 4) is 0 Å². The number of carboxylic acids is 1. The van der Waals surface area contributed by atoms with E-state index >= 15 is 0 Å². The normalized spacial score (nSPS) is 38.5. The predicted octanol–water partition coefficient (Wildman–Crippen LogP) is 0.546. The van der Waals surface area contributed by atoms with Crippen LogP contribution in [0.15, 0.2) is 0 Å². The Bertz CT molecular complexity index is 386. The van der Waals surface area contributed by atoms with Crippen LogP contribution in [-0.2, 0) is 9.59 Å². The van der Waals surface area contributed by atoms with Gasteiger partial charge in [-0.2, -0.15) is 0 Å². The quantitative estimate of drug-likeness (QED) is 0.796. The lowest BCUT2D eigenvalue weighted by Gasteiger charge is -2.55. The maximum Gasteiger partial charge on any atom is 0.331 e. The molecule has 0 aromatic carbocycles. The molecule has 0 aromatic rings. The lowest BCUT2D eigenvalue weighted by Crippen LogP contribution is -2.72. The van der Waals surface area contributed by atoms with Crippen LogP contribution in [0.5, 0.6) is 0 Å². The highest BCUT2D eigenvalue weighted by Crippen LogP contribution is 2.44. The minimum Gasteiger partial charge on any atom is -0.479 e. The van der Waals surface area contributed by atoms with Gasteiger partial charge in [0.1, 0.15) is 0 Å². The van der Waals surface area contributed by atoms with Gasteiger partial charge in [-0.1, -0.05) is 0 Å². The van der Waals surface area contributed by atoms with Crippen molar-refractivity contribution in [3.63, 3.8) is 0 Å². The standard InChI is InChI=1S/C13H20N2O3/c1-9(16)15(11-2-3-11)13(12(17)18)8-14-6-4-10(13)5-7-14/h10-11H,2-8H2,1H3,(H,17,18). The second kappa shape index (κ2) is 3.95. The molecule has 3 aliphatic heterocycles. The predicted molar refractivity (Wildman–Crippen MR) is 65.1 cm³/mol. The van der Waals surface area contributed by atoms with E-state index < -0.39 is 11.5 Å². The summed E-state index contributed by atoms with van der Waals surface area (Å²) >= 11 is 0. The lowest BCUT2D eigenvalue weighted by molar-refractivity contribution is -0.175. The molecular formula is C13H20N2O3. The van der Waals surface area contributed by atoms with E-state index in [1.807, 2.05) is 0 Å². The molecule has 3 saturated heterocycles. The maximum absolute atomic E-state index is 12.0. The van der Waals surface area contributed by atoms with Gasteiger partial charge in [0.2, 0.25) is 5.91 Å². The molecule has 4 fully saturated rings. The van der Waals surface area contributed by atoms with Crippen LogP contribution in [0.4, 0.5) is 0 Å². The van der Waals surface area contributed by atoms with E-state index in [1.54, 1.807) is 4.90 Å². The van der Waals surface area contributed by atoms with Gasteiger partial charge in [-0.15, -0.1) is 0 Å². The molecule has 1 saturated carbocycles. The van der Waals surface area contributed by atoms with Crippen molar-refractivity contribution >= 4 is 11.9 Å². The molecule has 1 N–H and O–H groups in total. The fourth-order valence-corrected chi connectivity index (χ4v) is 3.85. The highest BCUT2D eigenvalue weighted by atomic mass is 16.4. The van der Waals surface area contributed by atoms with Gasteiger partial charge in [0.05, 0.1) is 0 Å². The van der Waals surface area contributed by atoms with Crippen LogP contribution < -0.4 is 0 Å². The molecule has 0 radical (unpaired) electrons. The first kappa shape index (κ1) is 12.0. The van der Waals surface area contributed by atoms with Crippen molar-refractivity contribution in [1.82, 2.24) is 9.80 Å². The van der Waals surface area contributed by atoms with Crippen LogP contribution in [0.2, 0.25) is 0 Å². The van der Waals surface area contributed by atoms with Gasteiger partial charge in [-0.3, -0.25) is 4.79 Å². The fraction of sp³-hybridized carbons (Fsp3) is 0.846. The first-order chi connectivity index (χ1) is 8.55. The molecule has 4 aliphatic rings. The molecule has 1 unspecified atom stereocenters. The van der Waals surface area contributed by atoms with E-state index in [9.17, 15) is 14.7 Å². The summed E-state index contributed by atoms with van der Waals surface area (Å²) in [4.78, 5) is 27.8. The summed E-state index contributed by atoms with van der Waals surface area (Å²) in [5.74, 6) is -0.753. The molecule has 4 rings (SSSR count). The van der Waals surface area contributed by atoms with Gasteiger partial charge < -0.3 is 14.9 Å². The second-order valence-electron chi connectivity index (χ2n) is 5.90. The number of aliphatic carboxylic acids is 1. The number of carbonyl (C=O) groups excluding carboxylic acids is 1. The van der Waals surface area contributed by atoms with Gasteiger partial charge >= 0.3 is 5.97 Å². The Hall–Kier alpha value is -1.10. The molecule has 2 bridgehead atoms. The summed E-state index contributed by atoms with van der Waals surface area (Å²) in [6.45, 7) is 4.00. The van der Waals surface area contributed by atoms with Crippen molar-refractivity contribution in [2.75, 3.05) is 19.6 Å². The average molecular weight is 252 g/mol.